The van der Waals surface area contributed by atoms with Crippen molar-refractivity contribution in [2.24, 2.45) is 0 Å². The van der Waals surface area contributed by atoms with Crippen molar-refractivity contribution in [3.8, 4) is 11.5 Å². The number of aromatic hydroxyl groups is 1. The van der Waals surface area contributed by atoms with Crippen molar-refractivity contribution in [2.75, 3.05) is 6.61 Å². The molecule has 6 heteroatoms. The molecule has 2 aromatic rings. The van der Waals surface area contributed by atoms with Gasteiger partial charge in [0.05, 0.1) is 6.61 Å². The number of carboxylic acids is 1. The summed E-state index contributed by atoms with van der Waals surface area (Å²) >= 11 is 0. The van der Waals surface area contributed by atoms with Gasteiger partial charge in [0.25, 0.3) is 0 Å². The third-order valence-electron chi connectivity index (χ3n) is 3.38. The summed E-state index contributed by atoms with van der Waals surface area (Å²) in [6, 6.07) is 11.5. The number of carbonyl (C=O) groups is 2. The molecular formula is C19H22O6. The number of phenols is 1. The van der Waals surface area contributed by atoms with Crippen molar-refractivity contribution < 1.29 is 29.6 Å². The lowest BCUT2D eigenvalue weighted by Crippen LogP contribution is -2.12. The minimum atomic E-state index is -1.41. The summed E-state index contributed by atoms with van der Waals surface area (Å²) in [5.41, 5.74) is 1.85. The Labute approximate surface area is 146 Å². The average Bonchev–Trinajstić information content (AvgIpc) is 2.63. The number of rotatable bonds is 6. The summed E-state index contributed by atoms with van der Waals surface area (Å²) in [5, 5.41) is 27.1. The van der Waals surface area contributed by atoms with Crippen LogP contribution in [0.15, 0.2) is 42.5 Å². The molecule has 0 bridgehead atoms. The largest absolute Gasteiger partial charge is 0.504 e. The van der Waals surface area contributed by atoms with Crippen LogP contribution >= 0.6 is 0 Å². The first kappa shape index (κ1) is 20.2. The molecule has 2 aromatic carbocycles. The lowest BCUT2D eigenvalue weighted by atomic mass is 10.0. The minimum Gasteiger partial charge on any atom is -0.504 e. The maximum Gasteiger partial charge on any atom is 0.337 e. The van der Waals surface area contributed by atoms with Crippen LogP contribution in [0.25, 0.3) is 0 Å². The van der Waals surface area contributed by atoms with Crippen LogP contribution in [0.5, 0.6) is 11.5 Å². The van der Waals surface area contributed by atoms with Gasteiger partial charge in [-0.1, -0.05) is 31.2 Å². The molecule has 6 nitrogen and oxygen atoms in total. The molecule has 0 aliphatic rings. The number of aliphatic hydroxyl groups excluding tert-OH is 1. The van der Waals surface area contributed by atoms with Gasteiger partial charge in [0, 0.05) is 5.56 Å². The summed E-state index contributed by atoms with van der Waals surface area (Å²) in [6.07, 6.45) is 0.0267. The average molecular weight is 346 g/mol. The highest BCUT2D eigenvalue weighted by molar-refractivity contribution is 5.76. The standard InChI is InChI=1S/C10H12O3.C9H10O3/c1-2-7-5-3-4-6-8(7)9(11)10(12)13;1-2-12-9-5-7(6-10)3-4-8(9)11/h3-6,9,11H,2H2,1H3,(H,12,13);3-6,11H,2H2,1H3. The van der Waals surface area contributed by atoms with Gasteiger partial charge in [-0.2, -0.15) is 0 Å². The molecule has 0 aliphatic heterocycles. The normalized spacial score (nSPS) is 11.0. The van der Waals surface area contributed by atoms with Crippen molar-refractivity contribution in [3.63, 3.8) is 0 Å². The molecule has 1 atom stereocenters. The number of aliphatic hydroxyl groups is 1. The quantitative estimate of drug-likeness (QED) is 0.695. The molecule has 0 aliphatic carbocycles. The van der Waals surface area contributed by atoms with Crippen molar-refractivity contribution in [1.82, 2.24) is 0 Å². The van der Waals surface area contributed by atoms with E-state index in [1.54, 1.807) is 12.1 Å². The maximum atomic E-state index is 10.5. The Balaban J connectivity index is 0.000000251. The molecule has 0 heterocycles. The smallest absolute Gasteiger partial charge is 0.337 e. The van der Waals surface area contributed by atoms with Gasteiger partial charge >= 0.3 is 5.97 Å². The number of carboxylic acid groups (broad SMARTS) is 1. The molecule has 3 N–H and O–H groups in total. The Morgan fingerprint density at radius 2 is 1.88 bits per heavy atom. The zero-order valence-electron chi connectivity index (χ0n) is 14.2. The third-order valence-corrected chi connectivity index (χ3v) is 3.38. The minimum absolute atomic E-state index is 0.0578. The number of phenolic OH excluding ortho intramolecular Hbond substituents is 1. The van der Waals surface area contributed by atoms with Crippen LogP contribution in [-0.4, -0.2) is 34.2 Å². The zero-order chi connectivity index (χ0) is 18.8. The Bertz CT molecular complexity index is 711. The number of benzene rings is 2. The topological polar surface area (TPSA) is 104 Å². The second-order valence-electron chi connectivity index (χ2n) is 5.07. The third kappa shape index (κ3) is 5.93. The van der Waals surface area contributed by atoms with Gasteiger partial charge in [0.1, 0.15) is 6.29 Å². The molecule has 0 spiro atoms. The number of aldehydes is 1. The predicted octanol–water partition coefficient (Wildman–Crippen LogP) is 2.97. The van der Waals surface area contributed by atoms with E-state index < -0.39 is 12.1 Å². The molecule has 0 radical (unpaired) electrons. The first-order chi connectivity index (χ1) is 11.9. The fourth-order valence-corrected chi connectivity index (χ4v) is 2.13. The van der Waals surface area contributed by atoms with Gasteiger partial charge in [0.15, 0.2) is 17.6 Å². The lowest BCUT2D eigenvalue weighted by Gasteiger charge is -2.09. The van der Waals surface area contributed by atoms with E-state index in [0.29, 0.717) is 29.8 Å². The van der Waals surface area contributed by atoms with Crippen molar-refractivity contribution >= 4 is 12.3 Å². The van der Waals surface area contributed by atoms with Crippen LogP contribution in [0, 0.1) is 0 Å². The Kier molecular flexibility index (Phi) is 8.15. The van der Waals surface area contributed by atoms with Gasteiger partial charge in [0.2, 0.25) is 0 Å². The van der Waals surface area contributed by atoms with E-state index in [0.717, 1.165) is 12.0 Å². The Morgan fingerprint density at radius 3 is 2.44 bits per heavy atom. The molecule has 0 amide bonds. The summed E-state index contributed by atoms with van der Waals surface area (Å²) < 4.78 is 5.07. The number of ether oxygens (including phenoxy) is 1. The molecule has 0 fully saturated rings. The van der Waals surface area contributed by atoms with E-state index in [1.165, 1.54) is 18.2 Å². The van der Waals surface area contributed by atoms with Crippen molar-refractivity contribution in [2.45, 2.75) is 26.4 Å². The van der Waals surface area contributed by atoms with Crippen LogP contribution < -0.4 is 4.74 Å². The van der Waals surface area contributed by atoms with Crippen LogP contribution in [-0.2, 0) is 11.2 Å². The van der Waals surface area contributed by atoms with E-state index in [-0.39, 0.29) is 5.75 Å². The first-order valence-electron chi connectivity index (χ1n) is 7.84. The fourth-order valence-electron chi connectivity index (χ4n) is 2.13. The maximum absolute atomic E-state index is 10.5. The molecule has 0 saturated carbocycles. The summed E-state index contributed by atoms with van der Waals surface area (Å²) in [5.74, 6) is -0.801. The second kappa shape index (κ2) is 10.1. The molecule has 0 saturated heterocycles. The highest BCUT2D eigenvalue weighted by atomic mass is 16.5. The lowest BCUT2D eigenvalue weighted by molar-refractivity contribution is -0.147. The first-order valence-corrected chi connectivity index (χ1v) is 7.84. The number of aryl methyl sites for hydroxylation is 1. The van der Waals surface area contributed by atoms with Gasteiger partial charge in [-0.3, -0.25) is 4.79 Å². The number of hydrogen-bond acceptors (Lipinski definition) is 5. The summed E-state index contributed by atoms with van der Waals surface area (Å²) in [7, 11) is 0. The SMILES string of the molecule is CCOc1cc(C=O)ccc1O.CCc1ccccc1C(O)C(=O)O. The molecule has 2 rings (SSSR count). The number of hydrogen-bond donors (Lipinski definition) is 3. The monoisotopic (exact) mass is 346 g/mol. The van der Waals surface area contributed by atoms with Crippen LogP contribution in [0.3, 0.4) is 0 Å². The van der Waals surface area contributed by atoms with E-state index in [4.69, 9.17) is 9.84 Å². The highest BCUT2D eigenvalue weighted by Gasteiger charge is 2.17. The predicted molar refractivity (Wildman–Crippen MR) is 93.1 cm³/mol. The molecule has 25 heavy (non-hydrogen) atoms. The van der Waals surface area contributed by atoms with E-state index in [2.05, 4.69) is 0 Å². The van der Waals surface area contributed by atoms with Crippen molar-refractivity contribution in [3.05, 3.63) is 59.2 Å². The second-order valence-corrected chi connectivity index (χ2v) is 5.07. The molecule has 0 aromatic heterocycles. The van der Waals surface area contributed by atoms with E-state index in [1.807, 2.05) is 26.0 Å². The van der Waals surface area contributed by atoms with E-state index in [9.17, 15) is 19.8 Å². The fraction of sp³-hybridized carbons (Fsp3) is 0.263. The zero-order valence-corrected chi connectivity index (χ0v) is 14.2. The van der Waals surface area contributed by atoms with Crippen LogP contribution in [0.2, 0.25) is 0 Å². The summed E-state index contributed by atoms with van der Waals surface area (Å²) in [6.45, 7) is 4.20. The molecule has 1 unspecified atom stereocenters. The van der Waals surface area contributed by atoms with Gasteiger partial charge in [-0.25, -0.2) is 4.79 Å². The van der Waals surface area contributed by atoms with E-state index >= 15 is 0 Å². The number of aliphatic carboxylic acids is 1. The van der Waals surface area contributed by atoms with Gasteiger partial charge in [-0.15, -0.1) is 0 Å². The summed E-state index contributed by atoms with van der Waals surface area (Å²) in [4.78, 5) is 20.9. The Morgan fingerprint density at radius 1 is 1.20 bits per heavy atom. The van der Waals surface area contributed by atoms with Crippen LogP contribution in [0.4, 0.5) is 0 Å². The van der Waals surface area contributed by atoms with Gasteiger partial charge in [-0.05, 0) is 42.7 Å². The number of carbonyl (C=O) groups excluding carboxylic acids is 1. The van der Waals surface area contributed by atoms with Crippen LogP contribution in [0.1, 0.15) is 41.4 Å². The van der Waals surface area contributed by atoms with Crippen molar-refractivity contribution in [1.29, 1.82) is 0 Å². The molecular weight excluding hydrogens is 324 g/mol. The molecule has 134 valence electrons. The Hall–Kier alpha value is -2.86. The van der Waals surface area contributed by atoms with Gasteiger partial charge < -0.3 is 20.1 Å². The highest BCUT2D eigenvalue weighted by Crippen LogP contribution is 2.25.